The van der Waals surface area contributed by atoms with Gasteiger partial charge in [-0.3, -0.25) is 14.4 Å². The third-order valence-corrected chi connectivity index (χ3v) is 14.3. The summed E-state index contributed by atoms with van der Waals surface area (Å²) in [6.07, 6.45) is 79.8. The van der Waals surface area contributed by atoms with Gasteiger partial charge in [-0.05, 0) is 70.6 Å². The second kappa shape index (κ2) is 62.6. The standard InChI is InChI=1S/C68H122O6/c1-4-7-10-13-16-19-22-25-27-28-29-30-31-32-33-34-35-36-37-38-39-41-43-46-49-52-55-58-61-67(70)73-64-65(63-72-66(69)60-57-54-51-48-45-42-24-21-18-15-12-9-6-3)74-68(71)62-59-56-53-50-47-44-40-26-23-20-17-14-11-8-5-2/h9,12,18,21,26,40,42,45,51,54,65H,4-8,10-11,13-17,19-20,22-25,27-39,41,43-44,46-50,52-53,55-64H2,1-3H3/b12-9-,21-18-,40-26-,45-42-,54-51-. The predicted octanol–water partition coefficient (Wildman–Crippen LogP) is 21.9. The first-order valence-corrected chi connectivity index (χ1v) is 32.3. The second-order valence-corrected chi connectivity index (χ2v) is 21.6. The van der Waals surface area contributed by atoms with Crippen LogP contribution in [0.3, 0.4) is 0 Å². The second-order valence-electron chi connectivity index (χ2n) is 21.6. The third-order valence-electron chi connectivity index (χ3n) is 14.3. The first-order chi connectivity index (χ1) is 36.5. The van der Waals surface area contributed by atoms with Crippen LogP contribution in [0, 0.1) is 0 Å². The quantitative estimate of drug-likeness (QED) is 0.0261. The zero-order valence-electron chi connectivity index (χ0n) is 49.4. The number of carbonyl (C=O) groups excluding carboxylic acids is 3. The summed E-state index contributed by atoms with van der Waals surface area (Å²) >= 11 is 0. The van der Waals surface area contributed by atoms with Gasteiger partial charge in [0.2, 0.25) is 0 Å². The zero-order chi connectivity index (χ0) is 53.6. The number of unbranched alkanes of at least 4 members (excludes halogenated alkanes) is 38. The Morgan fingerprint density at radius 2 is 0.554 bits per heavy atom. The molecule has 0 heterocycles. The van der Waals surface area contributed by atoms with E-state index in [2.05, 4.69) is 75.5 Å². The van der Waals surface area contributed by atoms with Crippen LogP contribution in [0.2, 0.25) is 0 Å². The van der Waals surface area contributed by atoms with Gasteiger partial charge in [0.1, 0.15) is 13.2 Å². The Hall–Kier alpha value is -2.89. The molecule has 0 N–H and O–H groups in total. The molecule has 0 bridgehead atoms. The van der Waals surface area contributed by atoms with Crippen molar-refractivity contribution in [3.8, 4) is 0 Å². The largest absolute Gasteiger partial charge is 0.462 e. The van der Waals surface area contributed by atoms with E-state index in [9.17, 15) is 14.4 Å². The molecule has 0 amide bonds. The Labute approximate surface area is 460 Å². The van der Waals surface area contributed by atoms with Crippen LogP contribution in [-0.2, 0) is 28.6 Å². The van der Waals surface area contributed by atoms with E-state index in [4.69, 9.17) is 14.2 Å². The normalized spacial score (nSPS) is 12.4. The van der Waals surface area contributed by atoms with Crippen LogP contribution in [0.25, 0.3) is 0 Å². The fourth-order valence-electron chi connectivity index (χ4n) is 9.45. The van der Waals surface area contributed by atoms with Gasteiger partial charge in [0.15, 0.2) is 6.10 Å². The van der Waals surface area contributed by atoms with Gasteiger partial charge in [-0.2, -0.15) is 0 Å². The Morgan fingerprint density at radius 3 is 0.905 bits per heavy atom. The van der Waals surface area contributed by atoms with Crippen molar-refractivity contribution < 1.29 is 28.6 Å². The molecule has 0 fully saturated rings. The van der Waals surface area contributed by atoms with Gasteiger partial charge < -0.3 is 14.2 Å². The highest BCUT2D eigenvalue weighted by molar-refractivity contribution is 5.71. The molecule has 74 heavy (non-hydrogen) atoms. The summed E-state index contributed by atoms with van der Waals surface area (Å²) in [5.74, 6) is -0.975. The topological polar surface area (TPSA) is 78.9 Å². The molecule has 0 aromatic heterocycles. The fraction of sp³-hybridized carbons (Fsp3) is 0.809. The van der Waals surface area contributed by atoms with Crippen LogP contribution in [0.15, 0.2) is 60.8 Å². The van der Waals surface area contributed by atoms with Gasteiger partial charge in [-0.15, -0.1) is 0 Å². The highest BCUT2D eigenvalue weighted by Crippen LogP contribution is 2.18. The molecule has 0 aromatic rings. The molecule has 6 nitrogen and oxygen atoms in total. The zero-order valence-corrected chi connectivity index (χ0v) is 49.4. The molecule has 0 spiro atoms. The lowest BCUT2D eigenvalue weighted by Gasteiger charge is -2.18. The monoisotopic (exact) mass is 1030 g/mol. The lowest BCUT2D eigenvalue weighted by atomic mass is 10.0. The molecule has 0 aliphatic rings. The first kappa shape index (κ1) is 71.1. The number of rotatable bonds is 59. The van der Waals surface area contributed by atoms with Crippen LogP contribution in [0.1, 0.15) is 335 Å². The lowest BCUT2D eigenvalue weighted by molar-refractivity contribution is -0.166. The summed E-state index contributed by atoms with van der Waals surface area (Å²) in [6.45, 7) is 6.49. The van der Waals surface area contributed by atoms with E-state index in [-0.39, 0.29) is 37.5 Å². The molecule has 1 atom stereocenters. The number of esters is 3. The summed E-state index contributed by atoms with van der Waals surface area (Å²) in [7, 11) is 0. The molecule has 6 heteroatoms. The molecule has 0 aliphatic heterocycles. The van der Waals surface area contributed by atoms with Gasteiger partial charge in [-0.1, -0.05) is 306 Å². The fourth-order valence-corrected chi connectivity index (χ4v) is 9.45. The van der Waals surface area contributed by atoms with Crippen molar-refractivity contribution in [2.24, 2.45) is 0 Å². The molecular formula is C68H122O6. The van der Waals surface area contributed by atoms with Crippen molar-refractivity contribution in [3.63, 3.8) is 0 Å². The van der Waals surface area contributed by atoms with Crippen LogP contribution >= 0.6 is 0 Å². The van der Waals surface area contributed by atoms with Gasteiger partial charge in [-0.25, -0.2) is 0 Å². The SMILES string of the molecule is CC/C=C\C/C=C\C/C=C\C/C=C\CCC(=O)OCC(COC(=O)CCCCCCCCCCCCCCCCCCCCCCCCCCCCCC)OC(=O)CCCCCCC/C=C\CCCCCCCC. The van der Waals surface area contributed by atoms with Crippen molar-refractivity contribution in [1.29, 1.82) is 0 Å². The Morgan fingerprint density at radius 1 is 0.284 bits per heavy atom. The lowest BCUT2D eigenvalue weighted by Crippen LogP contribution is -2.30. The van der Waals surface area contributed by atoms with E-state index in [0.717, 1.165) is 77.0 Å². The molecule has 0 aliphatic carbocycles. The number of allylic oxidation sites excluding steroid dienone is 10. The van der Waals surface area contributed by atoms with Gasteiger partial charge in [0, 0.05) is 19.3 Å². The van der Waals surface area contributed by atoms with Gasteiger partial charge in [0.05, 0.1) is 0 Å². The van der Waals surface area contributed by atoms with Crippen molar-refractivity contribution >= 4 is 17.9 Å². The van der Waals surface area contributed by atoms with E-state index in [0.29, 0.717) is 19.3 Å². The summed E-state index contributed by atoms with van der Waals surface area (Å²) < 4.78 is 16.8. The van der Waals surface area contributed by atoms with E-state index in [1.807, 2.05) is 6.08 Å². The molecule has 0 saturated carbocycles. The molecule has 430 valence electrons. The number of hydrogen-bond donors (Lipinski definition) is 0. The minimum Gasteiger partial charge on any atom is -0.462 e. The Balaban J connectivity index is 4.21. The summed E-state index contributed by atoms with van der Waals surface area (Å²) in [4.78, 5) is 38.2. The Bertz CT molecular complexity index is 1330. The van der Waals surface area contributed by atoms with Crippen molar-refractivity contribution in [2.45, 2.75) is 341 Å². The molecule has 0 rings (SSSR count). The first-order valence-electron chi connectivity index (χ1n) is 32.3. The third kappa shape index (κ3) is 60.0. The van der Waals surface area contributed by atoms with Crippen LogP contribution < -0.4 is 0 Å². The summed E-state index contributed by atoms with van der Waals surface area (Å²) in [5, 5.41) is 0. The highest BCUT2D eigenvalue weighted by Gasteiger charge is 2.19. The molecule has 0 saturated heterocycles. The highest BCUT2D eigenvalue weighted by atomic mass is 16.6. The minimum atomic E-state index is -0.806. The molecule has 0 radical (unpaired) electrons. The van der Waals surface area contributed by atoms with Gasteiger partial charge >= 0.3 is 17.9 Å². The molecule has 0 aromatic carbocycles. The predicted molar refractivity (Wildman–Crippen MR) is 321 cm³/mol. The van der Waals surface area contributed by atoms with Crippen molar-refractivity contribution in [2.75, 3.05) is 13.2 Å². The van der Waals surface area contributed by atoms with Crippen LogP contribution in [-0.4, -0.2) is 37.2 Å². The van der Waals surface area contributed by atoms with Crippen molar-refractivity contribution in [3.05, 3.63) is 60.8 Å². The minimum absolute atomic E-state index is 0.0966. The summed E-state index contributed by atoms with van der Waals surface area (Å²) in [6, 6.07) is 0. The number of ether oxygens (including phenoxy) is 3. The summed E-state index contributed by atoms with van der Waals surface area (Å²) in [5.41, 5.74) is 0. The maximum absolute atomic E-state index is 12.9. The number of carbonyl (C=O) groups is 3. The maximum atomic E-state index is 12.9. The average molecular weight is 1040 g/mol. The van der Waals surface area contributed by atoms with E-state index < -0.39 is 6.10 Å². The smallest absolute Gasteiger partial charge is 0.306 e. The average Bonchev–Trinajstić information content (AvgIpc) is 3.40. The molecule has 1 unspecified atom stereocenters. The maximum Gasteiger partial charge on any atom is 0.306 e. The van der Waals surface area contributed by atoms with E-state index in [1.165, 1.54) is 212 Å². The van der Waals surface area contributed by atoms with Crippen molar-refractivity contribution in [1.82, 2.24) is 0 Å². The molecular weight excluding hydrogens is 913 g/mol. The Kier molecular flexibility index (Phi) is 60.2. The van der Waals surface area contributed by atoms with E-state index >= 15 is 0 Å². The number of hydrogen-bond acceptors (Lipinski definition) is 6. The van der Waals surface area contributed by atoms with Crippen LogP contribution in [0.4, 0.5) is 0 Å². The van der Waals surface area contributed by atoms with Crippen LogP contribution in [0.5, 0.6) is 0 Å². The van der Waals surface area contributed by atoms with E-state index in [1.54, 1.807) is 0 Å². The van der Waals surface area contributed by atoms with Gasteiger partial charge in [0.25, 0.3) is 0 Å².